The van der Waals surface area contributed by atoms with Gasteiger partial charge in [-0.3, -0.25) is 19.3 Å². The van der Waals surface area contributed by atoms with Gasteiger partial charge in [0, 0.05) is 68.1 Å². The van der Waals surface area contributed by atoms with Crippen molar-refractivity contribution >= 4 is 23.2 Å². The van der Waals surface area contributed by atoms with Crippen molar-refractivity contribution in [3.05, 3.63) is 68.0 Å². The summed E-state index contributed by atoms with van der Waals surface area (Å²) in [4.78, 5) is 45.4. The van der Waals surface area contributed by atoms with E-state index in [1.165, 1.54) is 25.3 Å². The van der Waals surface area contributed by atoms with Crippen molar-refractivity contribution in [3.8, 4) is 0 Å². The highest BCUT2D eigenvalue weighted by Gasteiger charge is 2.36. The van der Waals surface area contributed by atoms with Gasteiger partial charge >= 0.3 is 0 Å². The summed E-state index contributed by atoms with van der Waals surface area (Å²) in [5.41, 5.74) is 0.362. The second-order valence-electron chi connectivity index (χ2n) is 10.8. The molecule has 1 saturated heterocycles. The zero-order chi connectivity index (χ0) is 26.8. The number of nitrogens with zero attached hydrogens (tertiary/aromatic N) is 6. The highest BCUT2D eigenvalue weighted by Crippen LogP contribution is 2.32. The Kier molecular flexibility index (Phi) is 7.75. The van der Waals surface area contributed by atoms with Gasteiger partial charge in [-0.25, -0.2) is 4.68 Å². The average molecular weight is 538 g/mol. The molecule has 10 nitrogen and oxygen atoms in total. The summed E-state index contributed by atoms with van der Waals surface area (Å²) in [6.45, 7) is 7.73. The molecule has 0 spiro atoms. The van der Waals surface area contributed by atoms with Crippen LogP contribution in [0.25, 0.3) is 0 Å². The van der Waals surface area contributed by atoms with Crippen LogP contribution in [-0.4, -0.2) is 74.4 Å². The van der Waals surface area contributed by atoms with Crippen LogP contribution in [0.15, 0.2) is 41.5 Å². The van der Waals surface area contributed by atoms with E-state index in [1.54, 1.807) is 19.3 Å². The number of rotatable bonds is 4. The van der Waals surface area contributed by atoms with Crippen molar-refractivity contribution in [1.29, 1.82) is 0 Å². The summed E-state index contributed by atoms with van der Waals surface area (Å²) in [5.74, 6) is 0.277. The van der Waals surface area contributed by atoms with Crippen LogP contribution < -0.4 is 10.9 Å². The van der Waals surface area contributed by atoms with E-state index in [9.17, 15) is 14.4 Å². The van der Waals surface area contributed by atoms with Crippen LogP contribution >= 0.6 is 11.3 Å². The molecule has 2 amide bonds. The van der Waals surface area contributed by atoms with E-state index in [0.29, 0.717) is 31.1 Å². The molecule has 1 N–H and O–H groups in total. The zero-order valence-electron chi connectivity index (χ0n) is 22.2. The Hall–Kier alpha value is -3.31. The van der Waals surface area contributed by atoms with Gasteiger partial charge in [0.2, 0.25) is 5.91 Å². The number of hydrogen-bond donors (Lipinski definition) is 1. The minimum atomic E-state index is -0.369. The zero-order valence-corrected chi connectivity index (χ0v) is 23.0. The molecule has 11 heteroatoms. The van der Waals surface area contributed by atoms with Gasteiger partial charge in [0.1, 0.15) is 11.3 Å². The highest BCUT2D eigenvalue weighted by molar-refractivity contribution is 7.11. The Morgan fingerprint density at radius 3 is 2.76 bits per heavy atom. The molecule has 2 aliphatic rings. The molecule has 2 atom stereocenters. The lowest BCUT2D eigenvalue weighted by atomic mass is 9.99. The monoisotopic (exact) mass is 537 g/mol. The van der Waals surface area contributed by atoms with E-state index in [-0.39, 0.29) is 41.4 Å². The largest absolute Gasteiger partial charge is 0.354 e. The van der Waals surface area contributed by atoms with Gasteiger partial charge < -0.3 is 14.8 Å². The number of amides is 2. The van der Waals surface area contributed by atoms with Gasteiger partial charge in [-0.15, -0.1) is 16.4 Å². The lowest BCUT2D eigenvalue weighted by molar-refractivity contribution is -0.122. The summed E-state index contributed by atoms with van der Waals surface area (Å²) in [6.07, 6.45) is 4.99. The number of hydrogen-bond acceptors (Lipinski definition) is 7. The van der Waals surface area contributed by atoms with Crippen LogP contribution in [-0.2, 0) is 24.3 Å². The van der Waals surface area contributed by atoms with Crippen LogP contribution in [0.4, 0.5) is 0 Å². The number of nitrogens with one attached hydrogen (secondary N) is 1. The average Bonchev–Trinajstić information content (AvgIpc) is 3.60. The van der Waals surface area contributed by atoms with E-state index in [0.717, 1.165) is 26.1 Å². The minimum absolute atomic E-state index is 0.00249. The first kappa shape index (κ1) is 26.3. The Bertz CT molecular complexity index is 1360. The number of carbonyl (C=O) groups is 2. The molecule has 3 aromatic rings. The third-order valence-corrected chi connectivity index (χ3v) is 8.32. The Labute approximate surface area is 226 Å². The first-order valence-corrected chi connectivity index (χ1v) is 14.0. The summed E-state index contributed by atoms with van der Waals surface area (Å²) in [5, 5.41) is 11.7. The van der Waals surface area contributed by atoms with E-state index >= 15 is 0 Å². The molecule has 2 aliphatic heterocycles. The van der Waals surface area contributed by atoms with Crippen LogP contribution in [0.5, 0.6) is 0 Å². The molecule has 5 heterocycles. The number of fused-ring (bicyclic) bond motifs is 6. The molecule has 0 aliphatic carbocycles. The molecule has 0 saturated carbocycles. The smallest absolute Gasteiger partial charge is 0.263 e. The van der Waals surface area contributed by atoms with Gasteiger partial charge in [-0.2, -0.15) is 0 Å². The summed E-state index contributed by atoms with van der Waals surface area (Å²) < 4.78 is 3.35. The van der Waals surface area contributed by atoms with E-state index in [2.05, 4.69) is 46.5 Å². The Balaban J connectivity index is 1.39. The van der Waals surface area contributed by atoms with E-state index < -0.39 is 0 Å². The fourth-order valence-corrected chi connectivity index (χ4v) is 6.61. The maximum Gasteiger partial charge on any atom is 0.263 e. The van der Waals surface area contributed by atoms with Crippen LogP contribution in [0.3, 0.4) is 0 Å². The highest BCUT2D eigenvalue weighted by atomic mass is 32.1. The molecule has 1 fully saturated rings. The van der Waals surface area contributed by atoms with Crippen molar-refractivity contribution in [2.75, 3.05) is 33.2 Å². The second kappa shape index (κ2) is 11.2. The lowest BCUT2D eigenvalue weighted by Gasteiger charge is -2.20. The second-order valence-corrected chi connectivity index (χ2v) is 12.1. The third-order valence-electron chi connectivity index (χ3n) is 7.23. The predicted molar refractivity (Wildman–Crippen MR) is 145 cm³/mol. The molecular formula is C27H35N7O3S. The van der Waals surface area contributed by atoms with Crippen LogP contribution in [0.2, 0.25) is 0 Å². The third kappa shape index (κ3) is 5.88. The fraction of sp³-hybridized carbons (Fsp3) is 0.519. The molecule has 0 aromatic carbocycles. The molecule has 38 heavy (non-hydrogen) atoms. The number of likely N-dealkylation sites (tertiary alicyclic amines) is 1. The molecule has 4 bridgehead atoms. The minimum Gasteiger partial charge on any atom is -0.354 e. The SMILES string of the molecule is CC(C)Cc1ccc(CN2C[C@@H]3CC(=O)NCCN(C)C(=O)c4cccn(c4=O)Cc4cn(nn4)[C@@H]3C2)s1. The summed E-state index contributed by atoms with van der Waals surface area (Å²) in [6, 6.07) is 7.67. The van der Waals surface area contributed by atoms with Gasteiger partial charge in [0.15, 0.2) is 0 Å². The van der Waals surface area contributed by atoms with Crippen molar-refractivity contribution in [3.63, 3.8) is 0 Å². The van der Waals surface area contributed by atoms with Crippen molar-refractivity contribution in [1.82, 2.24) is 34.7 Å². The molecule has 5 rings (SSSR count). The standard InChI is InChI=1S/C27H35N7O3S/c1-18(2)11-21-6-7-22(38-21)16-32-13-19-12-25(35)28-8-10-31(3)26(36)23-5-4-9-33(27(23)37)14-20-15-34(30-29-20)24(19)17-32/h4-7,9,15,18-19,24H,8,10-14,16-17H2,1-3H3,(H,28,35)/t19-,24+/m0/s1. The molecule has 0 radical (unpaired) electrons. The number of likely N-dealkylation sites (N-methyl/N-ethyl adjacent to an activating group) is 1. The van der Waals surface area contributed by atoms with Gasteiger partial charge in [-0.1, -0.05) is 19.1 Å². The van der Waals surface area contributed by atoms with Gasteiger partial charge in [0.25, 0.3) is 11.5 Å². The quantitative estimate of drug-likeness (QED) is 0.546. The first-order chi connectivity index (χ1) is 18.3. The maximum atomic E-state index is 13.0. The predicted octanol–water partition coefficient (Wildman–Crippen LogP) is 2.01. The molecular weight excluding hydrogens is 502 g/mol. The topological polar surface area (TPSA) is 105 Å². The molecule has 202 valence electrons. The molecule has 0 unspecified atom stereocenters. The summed E-state index contributed by atoms with van der Waals surface area (Å²) in [7, 11) is 1.64. The Morgan fingerprint density at radius 1 is 1.13 bits per heavy atom. The normalized spacial score (nSPS) is 21.1. The fourth-order valence-electron chi connectivity index (χ4n) is 5.34. The summed E-state index contributed by atoms with van der Waals surface area (Å²) >= 11 is 1.87. The van der Waals surface area contributed by atoms with Crippen molar-refractivity contribution in [2.24, 2.45) is 11.8 Å². The lowest BCUT2D eigenvalue weighted by Crippen LogP contribution is -2.39. The Morgan fingerprint density at radius 2 is 1.95 bits per heavy atom. The molecule has 3 aromatic heterocycles. The van der Waals surface area contributed by atoms with Crippen molar-refractivity contribution in [2.45, 2.75) is 45.8 Å². The van der Waals surface area contributed by atoms with Gasteiger partial charge in [-0.05, 0) is 36.6 Å². The van der Waals surface area contributed by atoms with Crippen LogP contribution in [0.1, 0.15) is 52.1 Å². The van der Waals surface area contributed by atoms with E-state index in [4.69, 9.17) is 0 Å². The van der Waals surface area contributed by atoms with E-state index in [1.807, 2.05) is 22.2 Å². The first-order valence-electron chi connectivity index (χ1n) is 13.2. The number of aromatic nitrogens is 4. The number of carbonyl (C=O) groups excluding carboxylic acids is 2. The number of pyridine rings is 1. The van der Waals surface area contributed by atoms with Crippen LogP contribution in [0, 0.1) is 11.8 Å². The maximum absolute atomic E-state index is 13.0. The number of thiophene rings is 1. The van der Waals surface area contributed by atoms with Crippen molar-refractivity contribution < 1.29 is 9.59 Å². The van der Waals surface area contributed by atoms with Gasteiger partial charge in [0.05, 0.1) is 18.8 Å².